The largest absolute Gasteiger partial charge is 0.771 e. The van der Waals surface area contributed by atoms with Crippen molar-refractivity contribution in [1.82, 2.24) is 10.6 Å². The molecule has 0 aliphatic heterocycles. The smallest absolute Gasteiger partial charge is 0.155 e. The predicted molar refractivity (Wildman–Crippen MR) is 94.8 cm³/mol. The van der Waals surface area contributed by atoms with E-state index in [1.165, 1.54) is 24.8 Å². The van der Waals surface area contributed by atoms with Gasteiger partial charge in [0.2, 0.25) is 0 Å². The Morgan fingerprint density at radius 2 is 1.92 bits per heavy atom. The highest BCUT2D eigenvalue weighted by Gasteiger charge is 2.59. The van der Waals surface area contributed by atoms with E-state index in [0.717, 1.165) is 43.2 Å². The number of hydrogen-bond donors (Lipinski definition) is 1. The van der Waals surface area contributed by atoms with Crippen molar-refractivity contribution in [3.8, 4) is 0 Å². The van der Waals surface area contributed by atoms with Gasteiger partial charge < -0.3 is 10.4 Å². The lowest BCUT2D eigenvalue weighted by Gasteiger charge is -2.59. The zero-order chi connectivity index (χ0) is 17.1. The normalized spacial score (nSPS) is 47.9. The number of allylic oxidation sites excluding steroid dienone is 1. The average molecular weight is 331 g/mol. The van der Waals surface area contributed by atoms with Crippen LogP contribution in [-0.2, 0) is 4.79 Å². The monoisotopic (exact) mass is 331 g/mol. The maximum atomic E-state index is 12.3. The van der Waals surface area contributed by atoms with Crippen LogP contribution in [0, 0.1) is 33.8 Å². The lowest BCUT2D eigenvalue weighted by Crippen LogP contribution is -2.54. The van der Waals surface area contributed by atoms with Crippen LogP contribution in [0.4, 0.5) is 0 Å². The molecule has 0 amide bonds. The van der Waals surface area contributed by atoms with Crippen LogP contribution in [-0.4, -0.2) is 24.0 Å². The summed E-state index contributed by atoms with van der Waals surface area (Å²) in [5, 5.41) is 13.4. The summed E-state index contributed by atoms with van der Waals surface area (Å²) in [6, 6.07) is 0.117. The molecular formula is C20H31N2O2-. The first-order valence-corrected chi connectivity index (χ1v) is 9.78. The van der Waals surface area contributed by atoms with Crippen molar-refractivity contribution in [3.05, 3.63) is 16.9 Å². The van der Waals surface area contributed by atoms with Gasteiger partial charge in [-0.1, -0.05) is 19.4 Å². The van der Waals surface area contributed by atoms with Gasteiger partial charge in [-0.15, -0.1) is 0 Å². The molecule has 0 aromatic carbocycles. The fourth-order valence-electron chi connectivity index (χ4n) is 7.07. The first kappa shape index (κ1) is 16.7. The van der Waals surface area contributed by atoms with Crippen LogP contribution in [0.15, 0.2) is 11.6 Å². The number of nitrogens with one attached hydrogen (secondary N) is 1. The lowest BCUT2D eigenvalue weighted by molar-refractivity contribution is -0.117. The summed E-state index contributed by atoms with van der Waals surface area (Å²) < 4.78 is 0. The summed E-state index contributed by atoms with van der Waals surface area (Å²) in [5.41, 5.74) is 4.63. The standard InChI is InChI=1S/C20H31N2O2/c1-19-10-8-14(23)12-13(19)4-5-15-16-6-7-18(22(24)21-3)20(16,2)11-9-17(15)19/h12,15-18,21H,4-11H2,1-3H3/q-1. The predicted octanol–water partition coefficient (Wildman–Crippen LogP) is 3.82. The van der Waals surface area contributed by atoms with Gasteiger partial charge in [-0.3, -0.25) is 10.2 Å². The van der Waals surface area contributed by atoms with Crippen molar-refractivity contribution in [2.24, 2.45) is 28.6 Å². The molecule has 0 spiro atoms. The molecule has 134 valence electrons. The molecule has 4 nitrogen and oxygen atoms in total. The third kappa shape index (κ3) is 2.19. The van der Waals surface area contributed by atoms with E-state index in [2.05, 4.69) is 19.3 Å². The van der Waals surface area contributed by atoms with Crippen LogP contribution in [0.25, 0.3) is 0 Å². The number of hydrogen-bond acceptors (Lipinski definition) is 4. The van der Waals surface area contributed by atoms with Crippen molar-refractivity contribution >= 4 is 5.78 Å². The van der Waals surface area contributed by atoms with Crippen LogP contribution in [0.2, 0.25) is 0 Å². The van der Waals surface area contributed by atoms with Crippen molar-refractivity contribution < 1.29 is 4.79 Å². The van der Waals surface area contributed by atoms with Gasteiger partial charge in [0, 0.05) is 12.5 Å². The molecule has 3 saturated carbocycles. The van der Waals surface area contributed by atoms with Crippen molar-refractivity contribution in [3.63, 3.8) is 0 Å². The molecule has 4 rings (SSSR count). The number of fused-ring (bicyclic) bond motifs is 5. The van der Waals surface area contributed by atoms with E-state index in [9.17, 15) is 10.0 Å². The van der Waals surface area contributed by atoms with Gasteiger partial charge in [0.1, 0.15) is 0 Å². The molecule has 1 N–H and O–H groups in total. The van der Waals surface area contributed by atoms with Gasteiger partial charge in [-0.2, -0.15) is 0 Å². The molecule has 6 atom stereocenters. The molecule has 0 aromatic heterocycles. The van der Waals surface area contributed by atoms with Crippen LogP contribution >= 0.6 is 0 Å². The van der Waals surface area contributed by atoms with Crippen LogP contribution in [0.1, 0.15) is 65.2 Å². The molecule has 4 aliphatic carbocycles. The minimum absolute atomic E-state index is 0.117. The van der Waals surface area contributed by atoms with Crippen LogP contribution in [0.3, 0.4) is 0 Å². The Bertz CT molecular complexity index is 574. The number of rotatable bonds is 2. The number of hydrazine groups is 1. The maximum Gasteiger partial charge on any atom is 0.155 e. The molecule has 0 bridgehead atoms. The Morgan fingerprint density at radius 1 is 1.12 bits per heavy atom. The number of nitrogens with zero attached hydrogens (tertiary/aromatic N) is 1. The molecule has 6 unspecified atom stereocenters. The molecule has 24 heavy (non-hydrogen) atoms. The maximum absolute atomic E-state index is 12.3. The molecule has 0 aromatic rings. The Kier molecular flexibility index (Phi) is 3.94. The second-order valence-corrected chi connectivity index (χ2v) is 9.16. The van der Waals surface area contributed by atoms with E-state index in [0.29, 0.717) is 17.6 Å². The Balaban J connectivity index is 1.63. The van der Waals surface area contributed by atoms with Gasteiger partial charge in [-0.05, 0) is 86.7 Å². The number of carbonyl (C=O) groups is 1. The Labute approximate surface area is 145 Å². The highest BCUT2D eigenvalue weighted by molar-refractivity contribution is 5.91. The van der Waals surface area contributed by atoms with E-state index < -0.39 is 0 Å². The fourth-order valence-corrected chi connectivity index (χ4v) is 7.07. The molecule has 4 heteroatoms. The second kappa shape index (κ2) is 5.65. The summed E-state index contributed by atoms with van der Waals surface area (Å²) in [5.74, 6) is 2.44. The topological polar surface area (TPSA) is 55.4 Å². The highest BCUT2D eigenvalue weighted by Crippen LogP contribution is 2.65. The van der Waals surface area contributed by atoms with E-state index in [1.807, 2.05) is 6.08 Å². The SMILES string of the molecule is CNN([O-])C1CCC2C3CCC4=CC(=O)CCC4(C)C3CCC21C. The van der Waals surface area contributed by atoms with Gasteiger partial charge in [0.15, 0.2) is 5.78 Å². The van der Waals surface area contributed by atoms with Gasteiger partial charge in [0.25, 0.3) is 0 Å². The van der Waals surface area contributed by atoms with Crippen LogP contribution < -0.4 is 5.43 Å². The highest BCUT2D eigenvalue weighted by atomic mass is 16.5. The first-order chi connectivity index (χ1) is 11.4. The van der Waals surface area contributed by atoms with E-state index >= 15 is 0 Å². The zero-order valence-corrected chi connectivity index (χ0v) is 15.3. The Hall–Kier alpha value is -0.710. The molecule has 0 saturated heterocycles. The van der Waals surface area contributed by atoms with E-state index in [-0.39, 0.29) is 16.9 Å². The number of ketones is 1. The molecule has 3 fully saturated rings. The number of carbonyl (C=O) groups excluding carboxylic acids is 1. The average Bonchev–Trinajstić information content (AvgIpc) is 2.92. The van der Waals surface area contributed by atoms with Crippen molar-refractivity contribution in [2.45, 2.75) is 71.3 Å². The summed E-state index contributed by atoms with van der Waals surface area (Å²) in [6.07, 6.45) is 10.6. The molecule has 0 radical (unpaired) electrons. The van der Waals surface area contributed by atoms with Crippen LogP contribution in [0.5, 0.6) is 0 Å². The third-order valence-corrected chi connectivity index (χ3v) is 8.42. The molecular weight excluding hydrogens is 300 g/mol. The summed E-state index contributed by atoms with van der Waals surface area (Å²) in [4.78, 5) is 11.9. The van der Waals surface area contributed by atoms with Gasteiger partial charge in [-0.25, -0.2) is 0 Å². The first-order valence-electron chi connectivity index (χ1n) is 9.78. The molecule has 0 heterocycles. The molecule has 4 aliphatic rings. The summed E-state index contributed by atoms with van der Waals surface area (Å²) in [6.45, 7) is 4.79. The fraction of sp³-hybridized carbons (Fsp3) is 0.850. The van der Waals surface area contributed by atoms with Crippen molar-refractivity contribution in [1.29, 1.82) is 0 Å². The van der Waals surface area contributed by atoms with Crippen molar-refractivity contribution in [2.75, 3.05) is 7.05 Å². The quantitative estimate of drug-likeness (QED) is 0.782. The second-order valence-electron chi connectivity index (χ2n) is 9.16. The van der Waals surface area contributed by atoms with E-state index in [4.69, 9.17) is 0 Å². The van der Waals surface area contributed by atoms with E-state index in [1.54, 1.807) is 7.05 Å². The summed E-state index contributed by atoms with van der Waals surface area (Å²) in [7, 11) is 1.74. The minimum Gasteiger partial charge on any atom is -0.771 e. The lowest BCUT2D eigenvalue weighted by atomic mass is 9.47. The third-order valence-electron chi connectivity index (χ3n) is 8.42. The van der Waals surface area contributed by atoms with Gasteiger partial charge in [0.05, 0.1) is 0 Å². The zero-order valence-electron chi connectivity index (χ0n) is 15.3. The Morgan fingerprint density at radius 3 is 2.67 bits per heavy atom. The van der Waals surface area contributed by atoms with Gasteiger partial charge >= 0.3 is 0 Å². The minimum atomic E-state index is 0.117. The number of hydroxylamine groups is 1. The summed E-state index contributed by atoms with van der Waals surface area (Å²) >= 11 is 0.